The lowest BCUT2D eigenvalue weighted by Gasteiger charge is -2.38. The summed E-state index contributed by atoms with van der Waals surface area (Å²) >= 11 is 0. The van der Waals surface area contributed by atoms with Gasteiger partial charge in [-0.05, 0) is 68.2 Å². The van der Waals surface area contributed by atoms with Crippen LogP contribution in [0.4, 0.5) is 5.69 Å². The van der Waals surface area contributed by atoms with Crippen molar-refractivity contribution in [3.8, 4) is 5.75 Å². The smallest absolute Gasteiger partial charge is 0.258 e. The Balaban J connectivity index is 1.38. The topological polar surface area (TPSA) is 65.1 Å². The molecule has 4 rings (SSSR count). The summed E-state index contributed by atoms with van der Waals surface area (Å²) in [6, 6.07) is 16.4. The molecule has 0 aliphatic carbocycles. The summed E-state index contributed by atoms with van der Waals surface area (Å²) in [5.74, 6) is 1.24. The Kier molecular flexibility index (Phi) is 7.96. The van der Waals surface area contributed by atoms with E-state index >= 15 is 0 Å². The predicted molar refractivity (Wildman–Crippen MR) is 130 cm³/mol. The van der Waals surface area contributed by atoms with E-state index in [2.05, 4.69) is 10.2 Å². The van der Waals surface area contributed by atoms with E-state index in [4.69, 9.17) is 4.74 Å². The summed E-state index contributed by atoms with van der Waals surface area (Å²) in [6.07, 6.45) is 2.47. The van der Waals surface area contributed by atoms with Crippen LogP contribution in [0.5, 0.6) is 5.75 Å². The number of nitrogens with one attached hydrogen (secondary N) is 1. The highest BCUT2D eigenvalue weighted by Crippen LogP contribution is 2.20. The van der Waals surface area contributed by atoms with Crippen molar-refractivity contribution in [1.29, 1.82) is 0 Å². The molecule has 1 N–H and O–H groups in total. The van der Waals surface area contributed by atoms with Crippen LogP contribution in [0.25, 0.3) is 0 Å². The molecule has 0 radical (unpaired) electrons. The first-order valence-electron chi connectivity index (χ1n) is 11.9. The van der Waals surface area contributed by atoms with E-state index in [9.17, 15) is 9.59 Å². The van der Waals surface area contributed by atoms with Gasteiger partial charge in [0.25, 0.3) is 5.91 Å². The normalized spacial score (nSPS) is 17.5. The zero-order chi connectivity index (χ0) is 23.0. The first-order chi connectivity index (χ1) is 16.1. The number of anilines is 1. The van der Waals surface area contributed by atoms with Crippen LogP contribution in [0, 0.1) is 5.92 Å². The van der Waals surface area contributed by atoms with E-state index in [0.29, 0.717) is 24.4 Å². The van der Waals surface area contributed by atoms with Gasteiger partial charge < -0.3 is 15.0 Å². The molecule has 2 saturated heterocycles. The first kappa shape index (κ1) is 23.3. The molecule has 0 bridgehead atoms. The molecule has 0 spiro atoms. The van der Waals surface area contributed by atoms with Gasteiger partial charge in [-0.2, -0.15) is 0 Å². The lowest BCUT2D eigenvalue weighted by Crippen LogP contribution is -2.53. The summed E-state index contributed by atoms with van der Waals surface area (Å²) in [5.41, 5.74) is 1.25. The van der Waals surface area contributed by atoms with E-state index in [1.54, 1.807) is 36.3 Å². The van der Waals surface area contributed by atoms with Gasteiger partial charge >= 0.3 is 0 Å². The highest BCUT2D eigenvalue weighted by atomic mass is 16.5. The van der Waals surface area contributed by atoms with Crippen LogP contribution < -0.4 is 15.0 Å². The summed E-state index contributed by atoms with van der Waals surface area (Å²) in [6.45, 7) is 6.59. The van der Waals surface area contributed by atoms with Crippen molar-refractivity contribution in [2.24, 2.45) is 5.92 Å². The Morgan fingerprint density at radius 3 is 2.27 bits per heavy atom. The van der Waals surface area contributed by atoms with Gasteiger partial charge in [-0.15, -0.1) is 0 Å². The molecule has 2 aliphatic heterocycles. The Hall–Kier alpha value is -2.90. The third-order valence-corrected chi connectivity index (χ3v) is 6.64. The average Bonchev–Trinajstić information content (AvgIpc) is 2.88. The number of ether oxygens (including phenoxy) is 1. The number of amides is 2. The van der Waals surface area contributed by atoms with Gasteiger partial charge in [0.05, 0.1) is 7.11 Å². The van der Waals surface area contributed by atoms with Gasteiger partial charge in [0.1, 0.15) is 12.3 Å². The minimum atomic E-state index is -0.193. The van der Waals surface area contributed by atoms with Crippen LogP contribution >= 0.6 is 0 Å². The van der Waals surface area contributed by atoms with Crippen LogP contribution in [-0.4, -0.2) is 81.1 Å². The molecule has 0 saturated carbocycles. The van der Waals surface area contributed by atoms with Gasteiger partial charge in [0.2, 0.25) is 5.91 Å². The standard InChI is InChI=1S/C26H34N4O3/c1-33-24-9-7-22(8-10-24)26(32)30(23-5-3-2-4-6-23)20-25(31)29-17-15-28(16-18-29)19-21-11-13-27-14-12-21/h2-10,21,27H,11-20H2,1H3. The highest BCUT2D eigenvalue weighted by Gasteiger charge is 2.27. The van der Waals surface area contributed by atoms with Gasteiger partial charge in [-0.1, -0.05) is 18.2 Å². The molecule has 2 aromatic carbocycles. The van der Waals surface area contributed by atoms with Crippen LogP contribution in [0.2, 0.25) is 0 Å². The molecule has 2 aromatic rings. The van der Waals surface area contributed by atoms with Gasteiger partial charge in [-0.25, -0.2) is 0 Å². The molecule has 7 nitrogen and oxygen atoms in total. The maximum absolute atomic E-state index is 13.3. The minimum absolute atomic E-state index is 0.0118. The molecule has 2 aliphatic rings. The van der Waals surface area contributed by atoms with Crippen LogP contribution in [0.1, 0.15) is 23.2 Å². The maximum Gasteiger partial charge on any atom is 0.258 e. The van der Waals surface area contributed by atoms with Crippen LogP contribution in [0.15, 0.2) is 54.6 Å². The second-order valence-electron chi connectivity index (χ2n) is 8.83. The van der Waals surface area contributed by atoms with Crippen LogP contribution in [0.3, 0.4) is 0 Å². The Labute approximate surface area is 196 Å². The Morgan fingerprint density at radius 2 is 1.64 bits per heavy atom. The SMILES string of the molecule is COc1ccc(C(=O)N(CC(=O)N2CCN(CC3CCNCC3)CC2)c2ccccc2)cc1. The number of para-hydroxylation sites is 1. The number of nitrogens with zero attached hydrogens (tertiary/aromatic N) is 3. The van der Waals surface area contributed by atoms with Gasteiger partial charge in [-0.3, -0.25) is 19.4 Å². The number of piperidine rings is 1. The van der Waals surface area contributed by atoms with Crippen molar-refractivity contribution >= 4 is 17.5 Å². The Bertz CT molecular complexity index is 905. The minimum Gasteiger partial charge on any atom is -0.497 e. The number of methoxy groups -OCH3 is 1. The number of carbonyl (C=O) groups excluding carboxylic acids is 2. The zero-order valence-corrected chi connectivity index (χ0v) is 19.4. The van der Waals surface area contributed by atoms with E-state index in [-0.39, 0.29) is 18.4 Å². The molecule has 33 heavy (non-hydrogen) atoms. The lowest BCUT2D eigenvalue weighted by molar-refractivity contribution is -0.131. The Morgan fingerprint density at radius 1 is 0.970 bits per heavy atom. The van der Waals surface area contributed by atoms with E-state index in [1.807, 2.05) is 35.2 Å². The monoisotopic (exact) mass is 450 g/mol. The summed E-state index contributed by atoms with van der Waals surface area (Å²) < 4.78 is 5.20. The highest BCUT2D eigenvalue weighted by molar-refractivity contribution is 6.08. The van der Waals surface area contributed by atoms with Crippen LogP contribution in [-0.2, 0) is 4.79 Å². The number of hydrogen-bond acceptors (Lipinski definition) is 5. The molecular weight excluding hydrogens is 416 g/mol. The predicted octanol–water partition coefficient (Wildman–Crippen LogP) is 2.49. The van der Waals surface area contributed by atoms with E-state index < -0.39 is 0 Å². The second kappa shape index (κ2) is 11.3. The number of benzene rings is 2. The number of hydrogen-bond donors (Lipinski definition) is 1. The summed E-state index contributed by atoms with van der Waals surface area (Å²) in [7, 11) is 1.60. The summed E-state index contributed by atoms with van der Waals surface area (Å²) in [4.78, 5) is 32.5. The average molecular weight is 451 g/mol. The van der Waals surface area contributed by atoms with Crippen molar-refractivity contribution in [1.82, 2.24) is 15.1 Å². The van der Waals surface area contributed by atoms with Gasteiger partial charge in [0, 0.05) is 44.0 Å². The molecule has 2 amide bonds. The van der Waals surface area contributed by atoms with Crippen molar-refractivity contribution < 1.29 is 14.3 Å². The number of carbonyl (C=O) groups is 2. The number of piperazine rings is 1. The van der Waals surface area contributed by atoms with Gasteiger partial charge in [0.15, 0.2) is 0 Å². The van der Waals surface area contributed by atoms with E-state index in [0.717, 1.165) is 44.3 Å². The third-order valence-electron chi connectivity index (χ3n) is 6.64. The van der Waals surface area contributed by atoms with Crippen molar-refractivity contribution in [2.75, 3.05) is 64.4 Å². The lowest BCUT2D eigenvalue weighted by atomic mass is 9.97. The molecule has 2 fully saturated rings. The first-order valence-corrected chi connectivity index (χ1v) is 11.9. The fraction of sp³-hybridized carbons (Fsp3) is 0.462. The fourth-order valence-electron chi connectivity index (χ4n) is 4.62. The molecular formula is C26H34N4O3. The largest absolute Gasteiger partial charge is 0.497 e. The zero-order valence-electron chi connectivity index (χ0n) is 19.4. The molecule has 0 atom stereocenters. The quantitative estimate of drug-likeness (QED) is 0.702. The summed E-state index contributed by atoms with van der Waals surface area (Å²) in [5, 5.41) is 3.42. The third kappa shape index (κ3) is 6.12. The molecule has 2 heterocycles. The van der Waals surface area contributed by atoms with Crippen molar-refractivity contribution in [2.45, 2.75) is 12.8 Å². The fourth-order valence-corrected chi connectivity index (χ4v) is 4.62. The number of rotatable bonds is 7. The molecule has 0 unspecified atom stereocenters. The molecule has 7 heteroatoms. The maximum atomic E-state index is 13.3. The second-order valence-corrected chi connectivity index (χ2v) is 8.83. The van der Waals surface area contributed by atoms with E-state index in [1.165, 1.54) is 12.8 Å². The van der Waals surface area contributed by atoms with Crippen molar-refractivity contribution in [3.05, 3.63) is 60.2 Å². The molecule has 0 aromatic heterocycles. The molecule has 176 valence electrons. The van der Waals surface area contributed by atoms with Crippen molar-refractivity contribution in [3.63, 3.8) is 0 Å².